The van der Waals surface area contributed by atoms with Crippen molar-refractivity contribution in [3.05, 3.63) is 11.1 Å². The number of nitrogens with one attached hydrogen (secondary N) is 2. The maximum absolute atomic E-state index is 11.5. The number of hydrogen-bond acceptors (Lipinski definition) is 5. The summed E-state index contributed by atoms with van der Waals surface area (Å²) in [6, 6.07) is 0. The molecule has 1 aliphatic rings. The van der Waals surface area contributed by atoms with Crippen molar-refractivity contribution in [2.75, 3.05) is 25.6 Å². The topological polar surface area (TPSA) is 80.3 Å². The second-order valence-corrected chi connectivity index (χ2v) is 5.29. The van der Waals surface area contributed by atoms with Crippen LogP contribution in [0.3, 0.4) is 0 Å². The summed E-state index contributed by atoms with van der Waals surface area (Å²) >= 11 is 1.35. The summed E-state index contributed by atoms with van der Waals surface area (Å²) in [5.74, 6) is 0.0950. The van der Waals surface area contributed by atoms with E-state index in [0.29, 0.717) is 24.0 Å². The highest BCUT2D eigenvalue weighted by Gasteiger charge is 2.30. The molecule has 1 aromatic heterocycles. The number of amides is 2. The van der Waals surface area contributed by atoms with Gasteiger partial charge < -0.3 is 15.4 Å². The van der Waals surface area contributed by atoms with E-state index in [9.17, 15) is 9.59 Å². The number of nitrogens with zero attached hydrogens (tertiary/aromatic N) is 1. The van der Waals surface area contributed by atoms with Gasteiger partial charge in [0.2, 0.25) is 11.8 Å². The summed E-state index contributed by atoms with van der Waals surface area (Å²) in [6.07, 6.45) is 2.15. The summed E-state index contributed by atoms with van der Waals surface area (Å²) in [6.45, 7) is 0.982. The van der Waals surface area contributed by atoms with Crippen LogP contribution in [-0.2, 0) is 20.7 Å². The lowest BCUT2D eigenvalue weighted by Gasteiger charge is -2.02. The molecule has 104 valence electrons. The Bertz CT molecular complexity index is 457. The summed E-state index contributed by atoms with van der Waals surface area (Å²) in [5.41, 5.74) is 0.672. The number of carbonyl (C=O) groups is 2. The molecule has 2 amide bonds. The molecule has 0 spiro atoms. The van der Waals surface area contributed by atoms with Gasteiger partial charge in [-0.1, -0.05) is 0 Å². The Balaban J connectivity index is 1.76. The van der Waals surface area contributed by atoms with Crippen LogP contribution < -0.4 is 10.6 Å². The molecule has 0 aliphatic heterocycles. The van der Waals surface area contributed by atoms with Gasteiger partial charge in [0, 0.05) is 25.0 Å². The molecular formula is C12H17N3O3S. The van der Waals surface area contributed by atoms with Crippen LogP contribution in [0, 0.1) is 5.92 Å². The zero-order chi connectivity index (χ0) is 13.7. The van der Waals surface area contributed by atoms with Gasteiger partial charge in [-0.2, -0.15) is 0 Å². The summed E-state index contributed by atoms with van der Waals surface area (Å²) in [7, 11) is 1.58. The van der Waals surface area contributed by atoms with Crippen LogP contribution >= 0.6 is 11.3 Å². The third kappa shape index (κ3) is 4.60. The lowest BCUT2D eigenvalue weighted by Crippen LogP contribution is -2.28. The van der Waals surface area contributed by atoms with Gasteiger partial charge in [-0.25, -0.2) is 4.98 Å². The molecule has 0 bridgehead atoms. The van der Waals surface area contributed by atoms with Crippen molar-refractivity contribution in [3.63, 3.8) is 0 Å². The third-order valence-electron chi connectivity index (χ3n) is 2.70. The van der Waals surface area contributed by atoms with Crippen molar-refractivity contribution in [2.45, 2.75) is 19.3 Å². The first-order chi connectivity index (χ1) is 9.19. The molecule has 19 heavy (non-hydrogen) atoms. The lowest BCUT2D eigenvalue weighted by atomic mass is 10.3. The minimum atomic E-state index is -0.0950. The molecule has 6 nitrogen and oxygen atoms in total. The molecule has 0 saturated heterocycles. The number of aromatic nitrogens is 1. The van der Waals surface area contributed by atoms with Crippen LogP contribution in [0.4, 0.5) is 5.13 Å². The van der Waals surface area contributed by atoms with E-state index in [4.69, 9.17) is 4.74 Å². The largest absolute Gasteiger partial charge is 0.383 e. The standard InChI is InChI=1S/C12H17N3O3S/c1-18-5-4-13-10(16)6-9-7-19-12(14-9)15-11(17)8-2-3-8/h7-8H,2-6H2,1H3,(H,13,16)(H,14,15,17). The normalized spacial score (nSPS) is 14.2. The first-order valence-electron chi connectivity index (χ1n) is 6.20. The number of ether oxygens (including phenoxy) is 1. The Morgan fingerprint density at radius 1 is 1.53 bits per heavy atom. The Morgan fingerprint density at radius 3 is 3.00 bits per heavy atom. The van der Waals surface area contributed by atoms with Gasteiger partial charge in [0.15, 0.2) is 5.13 Å². The highest BCUT2D eigenvalue weighted by Crippen LogP contribution is 2.30. The molecule has 0 aromatic carbocycles. The maximum Gasteiger partial charge on any atom is 0.229 e. The van der Waals surface area contributed by atoms with Gasteiger partial charge in [0.25, 0.3) is 0 Å². The van der Waals surface area contributed by atoms with Crippen molar-refractivity contribution in [3.8, 4) is 0 Å². The quantitative estimate of drug-likeness (QED) is 0.725. The van der Waals surface area contributed by atoms with Crippen molar-refractivity contribution in [2.24, 2.45) is 5.92 Å². The van der Waals surface area contributed by atoms with E-state index in [1.54, 1.807) is 12.5 Å². The fourth-order valence-electron chi connectivity index (χ4n) is 1.52. The highest BCUT2D eigenvalue weighted by molar-refractivity contribution is 7.13. The van der Waals surface area contributed by atoms with E-state index in [1.807, 2.05) is 0 Å². The SMILES string of the molecule is COCCNC(=O)Cc1csc(NC(=O)C2CC2)n1. The van der Waals surface area contributed by atoms with Crippen LogP contribution in [0.15, 0.2) is 5.38 Å². The number of rotatable bonds is 7. The van der Waals surface area contributed by atoms with E-state index in [-0.39, 0.29) is 24.2 Å². The molecule has 0 atom stereocenters. The smallest absolute Gasteiger partial charge is 0.229 e. The van der Waals surface area contributed by atoms with Gasteiger partial charge in [-0.15, -0.1) is 11.3 Å². The average molecular weight is 283 g/mol. The first kappa shape index (κ1) is 14.0. The Labute approximate surface area is 115 Å². The molecule has 1 aliphatic carbocycles. The highest BCUT2D eigenvalue weighted by atomic mass is 32.1. The fourth-order valence-corrected chi connectivity index (χ4v) is 2.23. The average Bonchev–Trinajstić information content (AvgIpc) is 3.14. The summed E-state index contributed by atoms with van der Waals surface area (Å²) in [5, 5.41) is 7.85. The predicted molar refractivity (Wildman–Crippen MR) is 72.1 cm³/mol. The van der Waals surface area contributed by atoms with Gasteiger partial charge >= 0.3 is 0 Å². The van der Waals surface area contributed by atoms with Crippen molar-refractivity contribution >= 4 is 28.3 Å². The molecule has 7 heteroatoms. The number of hydrogen-bond donors (Lipinski definition) is 2. The second kappa shape index (κ2) is 6.63. The van der Waals surface area contributed by atoms with E-state index in [2.05, 4.69) is 15.6 Å². The van der Waals surface area contributed by atoms with E-state index < -0.39 is 0 Å². The van der Waals surface area contributed by atoms with Crippen molar-refractivity contribution < 1.29 is 14.3 Å². The minimum absolute atomic E-state index is 0.0328. The molecule has 1 heterocycles. The van der Waals surface area contributed by atoms with E-state index >= 15 is 0 Å². The second-order valence-electron chi connectivity index (χ2n) is 4.43. The summed E-state index contributed by atoms with van der Waals surface area (Å²) < 4.78 is 4.84. The van der Waals surface area contributed by atoms with Gasteiger partial charge in [-0.3, -0.25) is 9.59 Å². The Morgan fingerprint density at radius 2 is 2.32 bits per heavy atom. The zero-order valence-corrected chi connectivity index (χ0v) is 11.6. The molecule has 1 aromatic rings. The lowest BCUT2D eigenvalue weighted by molar-refractivity contribution is -0.120. The van der Waals surface area contributed by atoms with Crippen LogP contribution in [0.25, 0.3) is 0 Å². The van der Waals surface area contributed by atoms with Gasteiger partial charge in [0.05, 0.1) is 18.7 Å². The van der Waals surface area contributed by atoms with Crippen molar-refractivity contribution in [1.82, 2.24) is 10.3 Å². The van der Waals surface area contributed by atoms with Gasteiger partial charge in [-0.05, 0) is 12.8 Å². The Hall–Kier alpha value is -1.47. The maximum atomic E-state index is 11.5. The molecule has 0 radical (unpaired) electrons. The van der Waals surface area contributed by atoms with E-state index in [0.717, 1.165) is 12.8 Å². The first-order valence-corrected chi connectivity index (χ1v) is 7.08. The third-order valence-corrected chi connectivity index (χ3v) is 3.51. The molecule has 1 fully saturated rings. The predicted octanol–water partition coefficient (Wildman–Crippen LogP) is 0.797. The summed E-state index contributed by atoms with van der Waals surface area (Å²) in [4.78, 5) is 27.3. The molecule has 1 saturated carbocycles. The van der Waals surface area contributed by atoms with Gasteiger partial charge in [0.1, 0.15) is 0 Å². The van der Waals surface area contributed by atoms with Crippen molar-refractivity contribution in [1.29, 1.82) is 0 Å². The van der Waals surface area contributed by atoms with Crippen LogP contribution in [-0.4, -0.2) is 37.1 Å². The minimum Gasteiger partial charge on any atom is -0.383 e. The molecular weight excluding hydrogens is 266 g/mol. The number of methoxy groups -OCH3 is 1. The molecule has 2 N–H and O–H groups in total. The molecule has 2 rings (SSSR count). The van der Waals surface area contributed by atoms with Crippen LogP contribution in [0.1, 0.15) is 18.5 Å². The van der Waals surface area contributed by atoms with Crippen LogP contribution in [0.5, 0.6) is 0 Å². The molecule has 0 unspecified atom stereocenters. The number of carbonyl (C=O) groups excluding carboxylic acids is 2. The zero-order valence-electron chi connectivity index (χ0n) is 10.8. The monoisotopic (exact) mass is 283 g/mol. The Kier molecular flexibility index (Phi) is 4.86. The number of anilines is 1. The van der Waals surface area contributed by atoms with E-state index in [1.165, 1.54) is 11.3 Å². The fraction of sp³-hybridized carbons (Fsp3) is 0.583. The van der Waals surface area contributed by atoms with Crippen LogP contribution in [0.2, 0.25) is 0 Å². The number of thiazole rings is 1.